The molecule has 2 aliphatic rings. The van der Waals surface area contributed by atoms with E-state index < -0.39 is 11.2 Å². The number of fused-ring (bicyclic) bond motifs is 1. The van der Waals surface area contributed by atoms with Gasteiger partial charge in [-0.3, -0.25) is 4.79 Å². The second kappa shape index (κ2) is 5.22. The second-order valence-electron chi connectivity index (χ2n) is 5.88. The first-order valence-electron chi connectivity index (χ1n) is 7.09. The summed E-state index contributed by atoms with van der Waals surface area (Å²) in [6.07, 6.45) is 3.70. The Kier molecular flexibility index (Phi) is 3.52. The van der Waals surface area contributed by atoms with Crippen LogP contribution in [0.2, 0.25) is 0 Å². The summed E-state index contributed by atoms with van der Waals surface area (Å²) in [6.45, 7) is 1.82. The van der Waals surface area contributed by atoms with Crippen LogP contribution in [0.25, 0.3) is 0 Å². The van der Waals surface area contributed by atoms with Crippen LogP contribution in [0, 0.1) is 11.2 Å². The number of anilines is 1. The molecule has 1 amide bonds. The molecular weight excluding hydrogens is 275 g/mol. The minimum absolute atomic E-state index is 0.0518. The second-order valence-corrected chi connectivity index (χ2v) is 5.88. The molecule has 0 bridgehead atoms. The van der Waals surface area contributed by atoms with E-state index in [0.29, 0.717) is 32.1 Å². The number of piperidine rings is 1. The van der Waals surface area contributed by atoms with E-state index in [1.807, 2.05) is 4.90 Å². The van der Waals surface area contributed by atoms with Crippen LogP contribution in [-0.4, -0.2) is 60.7 Å². The lowest BCUT2D eigenvalue weighted by Crippen LogP contribution is -2.57. The van der Waals surface area contributed by atoms with Crippen LogP contribution in [0.3, 0.4) is 0 Å². The van der Waals surface area contributed by atoms with E-state index in [0.717, 1.165) is 18.8 Å². The highest BCUT2D eigenvalue weighted by Crippen LogP contribution is 2.42. The standard InChI is InChI=1S/C14H19FN4O2/c1-18(2)12(20)14-4-6-21-11(14)3-5-19(9-14)13-16-7-10(15)8-17-13/h7-8,11H,3-6,9H2,1-2H3/t11-,14+/m1/s1. The quantitative estimate of drug-likeness (QED) is 0.803. The molecule has 21 heavy (non-hydrogen) atoms. The van der Waals surface area contributed by atoms with Crippen molar-refractivity contribution in [3.05, 3.63) is 18.2 Å². The van der Waals surface area contributed by atoms with Crippen molar-refractivity contribution in [2.45, 2.75) is 18.9 Å². The van der Waals surface area contributed by atoms with E-state index in [2.05, 4.69) is 9.97 Å². The van der Waals surface area contributed by atoms with Gasteiger partial charge in [0.25, 0.3) is 0 Å². The molecular formula is C14H19FN4O2. The van der Waals surface area contributed by atoms with Crippen molar-refractivity contribution in [3.63, 3.8) is 0 Å². The molecule has 0 unspecified atom stereocenters. The first-order chi connectivity index (χ1) is 10.0. The first-order valence-corrected chi connectivity index (χ1v) is 7.09. The third-order valence-corrected chi connectivity index (χ3v) is 4.34. The Morgan fingerprint density at radius 1 is 1.48 bits per heavy atom. The van der Waals surface area contributed by atoms with Crippen LogP contribution >= 0.6 is 0 Å². The number of hydrogen-bond acceptors (Lipinski definition) is 5. The molecule has 2 saturated heterocycles. The minimum atomic E-state index is -0.542. The molecule has 6 nitrogen and oxygen atoms in total. The lowest BCUT2D eigenvalue weighted by atomic mass is 9.75. The normalized spacial score (nSPS) is 28.3. The largest absolute Gasteiger partial charge is 0.377 e. The highest BCUT2D eigenvalue weighted by Gasteiger charge is 2.54. The van der Waals surface area contributed by atoms with Gasteiger partial charge in [0.05, 0.1) is 23.9 Å². The van der Waals surface area contributed by atoms with Crippen LogP contribution in [0.1, 0.15) is 12.8 Å². The van der Waals surface area contributed by atoms with Crippen molar-refractivity contribution in [3.8, 4) is 0 Å². The fourth-order valence-electron chi connectivity index (χ4n) is 3.33. The summed E-state index contributed by atoms with van der Waals surface area (Å²) in [6, 6.07) is 0. The van der Waals surface area contributed by atoms with Gasteiger partial charge in [-0.15, -0.1) is 0 Å². The van der Waals surface area contributed by atoms with Gasteiger partial charge in [0.1, 0.15) is 0 Å². The summed E-state index contributed by atoms with van der Waals surface area (Å²) in [7, 11) is 3.53. The van der Waals surface area contributed by atoms with Gasteiger partial charge in [-0.1, -0.05) is 0 Å². The molecule has 2 aliphatic heterocycles. The zero-order valence-electron chi connectivity index (χ0n) is 12.3. The summed E-state index contributed by atoms with van der Waals surface area (Å²) in [5.41, 5.74) is -0.542. The number of nitrogens with zero attached hydrogens (tertiary/aromatic N) is 4. The Morgan fingerprint density at radius 2 is 2.19 bits per heavy atom. The number of amides is 1. The highest BCUT2D eigenvalue weighted by atomic mass is 19.1. The Hall–Kier alpha value is -1.76. The average Bonchev–Trinajstić information content (AvgIpc) is 2.91. The molecule has 3 rings (SSSR count). The molecule has 114 valence electrons. The zero-order chi connectivity index (χ0) is 15.0. The summed E-state index contributed by atoms with van der Waals surface area (Å²) >= 11 is 0. The molecule has 0 aromatic carbocycles. The molecule has 7 heteroatoms. The average molecular weight is 294 g/mol. The summed E-state index contributed by atoms with van der Waals surface area (Å²) in [5, 5.41) is 0. The van der Waals surface area contributed by atoms with Crippen molar-refractivity contribution in [2.24, 2.45) is 5.41 Å². The molecule has 2 fully saturated rings. The van der Waals surface area contributed by atoms with Crippen LogP contribution in [0.5, 0.6) is 0 Å². The maximum absolute atomic E-state index is 13.0. The molecule has 0 spiro atoms. The zero-order valence-corrected chi connectivity index (χ0v) is 12.3. The van der Waals surface area contributed by atoms with Gasteiger partial charge < -0.3 is 14.5 Å². The molecule has 0 N–H and O–H groups in total. The third-order valence-electron chi connectivity index (χ3n) is 4.34. The van der Waals surface area contributed by atoms with Crippen LogP contribution in [0.15, 0.2) is 12.4 Å². The third kappa shape index (κ3) is 2.35. The van der Waals surface area contributed by atoms with Gasteiger partial charge in [-0.2, -0.15) is 0 Å². The highest BCUT2D eigenvalue weighted by molar-refractivity contribution is 5.84. The van der Waals surface area contributed by atoms with E-state index in [1.165, 1.54) is 0 Å². The summed E-state index contributed by atoms with van der Waals surface area (Å²) in [5.74, 6) is 0.0846. The Bertz CT molecular complexity index is 536. The fraction of sp³-hybridized carbons (Fsp3) is 0.643. The molecule has 3 heterocycles. The molecule has 0 radical (unpaired) electrons. The molecule has 0 aliphatic carbocycles. The SMILES string of the molecule is CN(C)C(=O)[C@]12CCO[C@@H]1CCN(c1ncc(F)cn1)C2. The van der Waals surface area contributed by atoms with Crippen molar-refractivity contribution >= 4 is 11.9 Å². The predicted molar refractivity (Wildman–Crippen MR) is 74.3 cm³/mol. The number of halogens is 1. The van der Waals surface area contributed by atoms with Gasteiger partial charge in [-0.25, -0.2) is 14.4 Å². The molecule has 1 aromatic heterocycles. The molecule has 1 aromatic rings. The Labute approximate surface area is 122 Å². The van der Waals surface area contributed by atoms with Crippen LogP contribution < -0.4 is 4.90 Å². The van der Waals surface area contributed by atoms with E-state index in [9.17, 15) is 9.18 Å². The van der Waals surface area contributed by atoms with E-state index in [1.54, 1.807) is 19.0 Å². The van der Waals surface area contributed by atoms with E-state index >= 15 is 0 Å². The van der Waals surface area contributed by atoms with Gasteiger partial charge in [0, 0.05) is 33.8 Å². The molecule has 2 atom stereocenters. The number of rotatable bonds is 2. The maximum atomic E-state index is 13.0. The maximum Gasteiger partial charge on any atom is 0.232 e. The fourth-order valence-corrected chi connectivity index (χ4v) is 3.33. The first kappa shape index (κ1) is 14.2. The van der Waals surface area contributed by atoms with E-state index in [4.69, 9.17) is 4.74 Å². The van der Waals surface area contributed by atoms with Gasteiger partial charge in [0.2, 0.25) is 11.9 Å². The summed E-state index contributed by atoms with van der Waals surface area (Å²) < 4.78 is 18.7. The van der Waals surface area contributed by atoms with Gasteiger partial charge >= 0.3 is 0 Å². The summed E-state index contributed by atoms with van der Waals surface area (Å²) in [4.78, 5) is 24.3. The minimum Gasteiger partial charge on any atom is -0.377 e. The van der Waals surface area contributed by atoms with Crippen molar-refractivity contribution in [1.82, 2.24) is 14.9 Å². The Morgan fingerprint density at radius 3 is 2.86 bits per heavy atom. The van der Waals surface area contributed by atoms with Gasteiger partial charge in [-0.05, 0) is 12.8 Å². The predicted octanol–water partition coefficient (Wildman–Crippen LogP) is 0.689. The van der Waals surface area contributed by atoms with Crippen molar-refractivity contribution in [2.75, 3.05) is 38.7 Å². The lowest BCUT2D eigenvalue weighted by Gasteiger charge is -2.43. The van der Waals surface area contributed by atoms with E-state index in [-0.39, 0.29) is 12.0 Å². The van der Waals surface area contributed by atoms with Crippen molar-refractivity contribution in [1.29, 1.82) is 0 Å². The lowest BCUT2D eigenvalue weighted by molar-refractivity contribution is -0.143. The number of aromatic nitrogens is 2. The molecule has 0 saturated carbocycles. The van der Waals surface area contributed by atoms with Crippen LogP contribution in [-0.2, 0) is 9.53 Å². The number of carbonyl (C=O) groups excluding carboxylic acids is 1. The van der Waals surface area contributed by atoms with Crippen LogP contribution in [0.4, 0.5) is 10.3 Å². The Balaban J connectivity index is 1.88. The number of hydrogen-bond donors (Lipinski definition) is 0. The number of ether oxygens (including phenoxy) is 1. The van der Waals surface area contributed by atoms with Crippen molar-refractivity contribution < 1.29 is 13.9 Å². The monoisotopic (exact) mass is 294 g/mol. The number of carbonyl (C=O) groups is 1. The van der Waals surface area contributed by atoms with Gasteiger partial charge in [0.15, 0.2) is 5.82 Å². The topological polar surface area (TPSA) is 58.6 Å². The smallest absolute Gasteiger partial charge is 0.232 e.